The summed E-state index contributed by atoms with van der Waals surface area (Å²) >= 11 is 0. The maximum absolute atomic E-state index is 5.85. The predicted octanol–water partition coefficient (Wildman–Crippen LogP) is 2.84. The fourth-order valence-corrected chi connectivity index (χ4v) is 2.27. The highest BCUT2D eigenvalue weighted by atomic mass is 14.9. The second-order valence-electron chi connectivity index (χ2n) is 5.21. The van der Waals surface area contributed by atoms with E-state index in [1.807, 2.05) is 0 Å². The molecule has 3 N–H and O–H groups in total. The summed E-state index contributed by atoms with van der Waals surface area (Å²) in [6.45, 7) is 6.13. The molecule has 0 radical (unpaired) electrons. The Morgan fingerprint density at radius 3 is 2.50 bits per heavy atom. The van der Waals surface area contributed by atoms with Gasteiger partial charge in [-0.1, -0.05) is 12.5 Å². The van der Waals surface area contributed by atoms with Gasteiger partial charge in [-0.2, -0.15) is 0 Å². The molecule has 0 heterocycles. The molecule has 2 nitrogen and oxygen atoms in total. The van der Waals surface area contributed by atoms with Gasteiger partial charge >= 0.3 is 0 Å². The van der Waals surface area contributed by atoms with Crippen LogP contribution in [-0.4, -0.2) is 13.1 Å². The summed E-state index contributed by atoms with van der Waals surface area (Å²) in [6, 6.07) is 6.55. The Bertz CT molecular complexity index is 361. The standard InChI is InChI=1S/C14H22N2/c1-11-4-5-13(8-12(11)2)16-10-14(9-15)6-3-7-14/h4-5,8,16H,3,6-7,9-10,15H2,1-2H3. The van der Waals surface area contributed by atoms with Gasteiger partial charge in [0.15, 0.2) is 0 Å². The minimum atomic E-state index is 0.374. The van der Waals surface area contributed by atoms with Crippen LogP contribution in [0, 0.1) is 19.3 Å². The Labute approximate surface area is 98.2 Å². The molecule has 2 rings (SSSR count). The van der Waals surface area contributed by atoms with Crippen molar-refractivity contribution >= 4 is 5.69 Å². The molecule has 16 heavy (non-hydrogen) atoms. The molecule has 0 aromatic heterocycles. The van der Waals surface area contributed by atoms with Gasteiger partial charge in [-0.15, -0.1) is 0 Å². The first-order valence-electron chi connectivity index (χ1n) is 6.16. The van der Waals surface area contributed by atoms with Crippen LogP contribution < -0.4 is 11.1 Å². The molecule has 1 aliphatic rings. The Hall–Kier alpha value is -1.02. The SMILES string of the molecule is Cc1ccc(NCC2(CN)CCC2)cc1C. The van der Waals surface area contributed by atoms with Gasteiger partial charge in [-0.05, 0) is 61.9 Å². The topological polar surface area (TPSA) is 38.0 Å². The van der Waals surface area contributed by atoms with Crippen molar-refractivity contribution in [1.29, 1.82) is 0 Å². The highest BCUT2D eigenvalue weighted by Gasteiger charge is 2.35. The molecule has 1 saturated carbocycles. The zero-order valence-electron chi connectivity index (χ0n) is 10.3. The summed E-state index contributed by atoms with van der Waals surface area (Å²) in [4.78, 5) is 0. The van der Waals surface area contributed by atoms with Crippen molar-refractivity contribution in [3.8, 4) is 0 Å². The number of nitrogens with one attached hydrogen (secondary N) is 1. The predicted molar refractivity (Wildman–Crippen MR) is 69.7 cm³/mol. The van der Waals surface area contributed by atoms with Gasteiger partial charge in [0.1, 0.15) is 0 Å². The Morgan fingerprint density at radius 1 is 1.25 bits per heavy atom. The third-order valence-corrected chi connectivity index (χ3v) is 4.02. The van der Waals surface area contributed by atoms with E-state index >= 15 is 0 Å². The normalized spacial score (nSPS) is 17.9. The average Bonchev–Trinajstić information content (AvgIpc) is 2.22. The molecule has 1 fully saturated rings. The van der Waals surface area contributed by atoms with Gasteiger partial charge in [-0.25, -0.2) is 0 Å². The lowest BCUT2D eigenvalue weighted by molar-refractivity contribution is 0.163. The lowest BCUT2D eigenvalue weighted by Gasteiger charge is -2.41. The van der Waals surface area contributed by atoms with E-state index in [1.165, 1.54) is 36.1 Å². The quantitative estimate of drug-likeness (QED) is 0.815. The summed E-state index contributed by atoms with van der Waals surface area (Å²) in [5.74, 6) is 0. The zero-order valence-corrected chi connectivity index (χ0v) is 10.3. The van der Waals surface area contributed by atoms with E-state index in [0.717, 1.165) is 13.1 Å². The number of benzene rings is 1. The van der Waals surface area contributed by atoms with Crippen molar-refractivity contribution in [3.05, 3.63) is 29.3 Å². The van der Waals surface area contributed by atoms with Crippen molar-refractivity contribution in [3.63, 3.8) is 0 Å². The molecular formula is C14H22N2. The van der Waals surface area contributed by atoms with E-state index in [4.69, 9.17) is 5.73 Å². The van der Waals surface area contributed by atoms with E-state index < -0.39 is 0 Å². The smallest absolute Gasteiger partial charge is 0.0343 e. The summed E-state index contributed by atoms with van der Waals surface area (Å²) in [5.41, 5.74) is 10.1. The van der Waals surface area contributed by atoms with Crippen LogP contribution in [0.4, 0.5) is 5.69 Å². The largest absolute Gasteiger partial charge is 0.384 e. The monoisotopic (exact) mass is 218 g/mol. The highest BCUT2D eigenvalue weighted by Crippen LogP contribution is 2.39. The van der Waals surface area contributed by atoms with Crippen LogP contribution in [0.5, 0.6) is 0 Å². The van der Waals surface area contributed by atoms with Crippen LogP contribution in [0.15, 0.2) is 18.2 Å². The molecule has 0 aliphatic heterocycles. The van der Waals surface area contributed by atoms with E-state index in [-0.39, 0.29) is 0 Å². The van der Waals surface area contributed by atoms with E-state index in [0.29, 0.717) is 5.41 Å². The van der Waals surface area contributed by atoms with Gasteiger partial charge in [0.25, 0.3) is 0 Å². The third kappa shape index (κ3) is 2.22. The van der Waals surface area contributed by atoms with Crippen LogP contribution in [-0.2, 0) is 0 Å². The van der Waals surface area contributed by atoms with Crippen LogP contribution in [0.3, 0.4) is 0 Å². The first kappa shape index (κ1) is 11.5. The number of hydrogen-bond donors (Lipinski definition) is 2. The van der Waals surface area contributed by atoms with Gasteiger partial charge < -0.3 is 11.1 Å². The molecule has 0 bridgehead atoms. The van der Waals surface area contributed by atoms with E-state index in [2.05, 4.69) is 37.4 Å². The number of anilines is 1. The maximum Gasteiger partial charge on any atom is 0.0343 e. The number of hydrogen-bond acceptors (Lipinski definition) is 2. The fourth-order valence-electron chi connectivity index (χ4n) is 2.27. The first-order valence-corrected chi connectivity index (χ1v) is 6.16. The van der Waals surface area contributed by atoms with Gasteiger partial charge in [0.2, 0.25) is 0 Å². The molecular weight excluding hydrogens is 196 g/mol. The van der Waals surface area contributed by atoms with Crippen molar-refractivity contribution in [2.45, 2.75) is 33.1 Å². The molecule has 0 spiro atoms. The van der Waals surface area contributed by atoms with E-state index in [1.54, 1.807) is 0 Å². The number of nitrogens with two attached hydrogens (primary N) is 1. The summed E-state index contributed by atoms with van der Waals surface area (Å²) in [6.07, 6.45) is 3.90. The number of rotatable bonds is 4. The molecule has 1 aromatic rings. The fraction of sp³-hybridized carbons (Fsp3) is 0.571. The first-order chi connectivity index (χ1) is 7.65. The lowest BCUT2D eigenvalue weighted by atomic mass is 9.69. The molecule has 0 saturated heterocycles. The summed E-state index contributed by atoms with van der Waals surface area (Å²) < 4.78 is 0. The van der Waals surface area contributed by atoms with Crippen molar-refractivity contribution < 1.29 is 0 Å². The Kier molecular flexibility index (Phi) is 3.20. The molecule has 0 atom stereocenters. The molecule has 88 valence electrons. The van der Waals surface area contributed by atoms with E-state index in [9.17, 15) is 0 Å². The Balaban J connectivity index is 1.96. The van der Waals surface area contributed by atoms with Crippen LogP contribution in [0.1, 0.15) is 30.4 Å². The molecule has 0 unspecified atom stereocenters. The summed E-state index contributed by atoms with van der Waals surface area (Å²) in [5, 5.41) is 3.53. The van der Waals surface area contributed by atoms with Crippen molar-refractivity contribution in [1.82, 2.24) is 0 Å². The third-order valence-electron chi connectivity index (χ3n) is 4.02. The second kappa shape index (κ2) is 4.46. The highest BCUT2D eigenvalue weighted by molar-refractivity contribution is 5.48. The molecule has 1 aliphatic carbocycles. The lowest BCUT2D eigenvalue weighted by Crippen LogP contribution is -2.42. The Morgan fingerprint density at radius 2 is 2.00 bits per heavy atom. The van der Waals surface area contributed by atoms with Crippen LogP contribution in [0.25, 0.3) is 0 Å². The van der Waals surface area contributed by atoms with Crippen molar-refractivity contribution in [2.24, 2.45) is 11.1 Å². The number of aryl methyl sites for hydroxylation is 2. The van der Waals surface area contributed by atoms with Crippen LogP contribution in [0.2, 0.25) is 0 Å². The van der Waals surface area contributed by atoms with Gasteiger partial charge in [0.05, 0.1) is 0 Å². The summed E-state index contributed by atoms with van der Waals surface area (Å²) in [7, 11) is 0. The molecule has 2 heteroatoms. The molecule has 1 aromatic carbocycles. The van der Waals surface area contributed by atoms with Gasteiger partial charge in [0, 0.05) is 12.2 Å². The van der Waals surface area contributed by atoms with Crippen LogP contribution >= 0.6 is 0 Å². The van der Waals surface area contributed by atoms with Crippen molar-refractivity contribution in [2.75, 3.05) is 18.4 Å². The zero-order chi connectivity index (χ0) is 11.6. The minimum absolute atomic E-state index is 0.374. The average molecular weight is 218 g/mol. The second-order valence-corrected chi connectivity index (χ2v) is 5.21. The molecule has 0 amide bonds. The maximum atomic E-state index is 5.85. The van der Waals surface area contributed by atoms with Gasteiger partial charge in [-0.3, -0.25) is 0 Å². The minimum Gasteiger partial charge on any atom is -0.384 e.